The number of Topliss-reactive ketones (excluding diaryl/α,β-unsaturated/α-hetero) is 1. The minimum atomic E-state index is -0.707. The molecule has 1 rings (SSSR count). The summed E-state index contributed by atoms with van der Waals surface area (Å²) in [4.78, 5) is 28.7. The van der Waals surface area contributed by atoms with Gasteiger partial charge < -0.3 is 14.9 Å². The summed E-state index contributed by atoms with van der Waals surface area (Å²) in [5.74, 6) is -0.743. The van der Waals surface area contributed by atoms with Crippen LogP contribution in [0.1, 0.15) is 84.3 Å². The van der Waals surface area contributed by atoms with Crippen molar-refractivity contribution in [2.75, 3.05) is 0 Å². The van der Waals surface area contributed by atoms with Crippen LogP contribution < -0.4 is 0 Å². The third-order valence-electron chi connectivity index (χ3n) is 6.16. The Morgan fingerprint density at radius 3 is 2.43 bits per heavy atom. The monoisotopic (exact) mass is 505 g/mol. The number of hydrogen-bond donors (Lipinski definition) is 2. The highest BCUT2D eigenvalue weighted by Crippen LogP contribution is 2.21. The maximum atomic E-state index is 12.4. The number of aryl methyl sites for hydroxylation is 1. The first-order chi connectivity index (χ1) is 16.5. The molecule has 7 heteroatoms. The van der Waals surface area contributed by atoms with Gasteiger partial charge in [-0.2, -0.15) is 0 Å². The standard InChI is InChI=1S/C28H43NO5S/c1-8-24(30)16-27(32)34-26(20(5)15-23-17-35-22(7)29-23)14-13-18(3)11-10-12-19(4)28(33)21(6)25(31)9-2/h10-11,13,15,17,19,21,24,26,28,30,33H,8-9,12,14,16H2,1-7H3/b11-10+,18-13-,20-15+/t19-,21-,24+,26?,28-/m0/s1. The highest BCUT2D eigenvalue weighted by molar-refractivity contribution is 7.09. The quantitative estimate of drug-likeness (QED) is 0.230. The van der Waals surface area contributed by atoms with Crippen LogP contribution in [0.4, 0.5) is 0 Å². The first-order valence-corrected chi connectivity index (χ1v) is 13.4. The molecule has 0 fully saturated rings. The molecule has 1 aromatic rings. The summed E-state index contributed by atoms with van der Waals surface area (Å²) in [6, 6.07) is 0. The number of thiazole rings is 1. The lowest BCUT2D eigenvalue weighted by Gasteiger charge is -2.22. The number of aliphatic hydroxyl groups excluding tert-OH is 2. The lowest BCUT2D eigenvalue weighted by atomic mass is 9.87. The van der Waals surface area contributed by atoms with Gasteiger partial charge in [0.2, 0.25) is 0 Å². The Hall–Kier alpha value is -2.09. The van der Waals surface area contributed by atoms with E-state index in [0.29, 0.717) is 25.7 Å². The van der Waals surface area contributed by atoms with Crippen molar-refractivity contribution in [1.29, 1.82) is 0 Å². The molecule has 0 bridgehead atoms. The van der Waals surface area contributed by atoms with Gasteiger partial charge in [-0.05, 0) is 51.2 Å². The van der Waals surface area contributed by atoms with Crippen molar-refractivity contribution in [1.82, 2.24) is 4.98 Å². The molecular weight excluding hydrogens is 462 g/mol. The lowest BCUT2D eigenvalue weighted by Crippen LogP contribution is -2.30. The zero-order chi connectivity index (χ0) is 26.5. The third-order valence-corrected chi connectivity index (χ3v) is 6.95. The zero-order valence-corrected chi connectivity index (χ0v) is 23.1. The molecular formula is C28H43NO5S. The van der Waals surface area contributed by atoms with E-state index in [1.54, 1.807) is 18.3 Å². The largest absolute Gasteiger partial charge is 0.457 e. The summed E-state index contributed by atoms with van der Waals surface area (Å²) in [7, 11) is 0. The van der Waals surface area contributed by atoms with Gasteiger partial charge in [-0.15, -0.1) is 11.3 Å². The highest BCUT2D eigenvalue weighted by atomic mass is 32.1. The van der Waals surface area contributed by atoms with E-state index < -0.39 is 24.3 Å². The Morgan fingerprint density at radius 2 is 1.86 bits per heavy atom. The van der Waals surface area contributed by atoms with Crippen LogP contribution in [0.2, 0.25) is 0 Å². The van der Waals surface area contributed by atoms with Crippen LogP contribution in [0.15, 0.2) is 34.8 Å². The first kappa shape index (κ1) is 30.9. The summed E-state index contributed by atoms with van der Waals surface area (Å²) < 4.78 is 5.72. The number of ketones is 1. The molecule has 1 aromatic heterocycles. The molecule has 0 radical (unpaired) electrons. The van der Waals surface area contributed by atoms with Crippen molar-refractivity contribution in [2.45, 2.75) is 98.9 Å². The summed E-state index contributed by atoms with van der Waals surface area (Å²) in [6.07, 6.45) is 8.14. The van der Waals surface area contributed by atoms with E-state index in [9.17, 15) is 19.8 Å². The molecule has 0 aromatic carbocycles. The van der Waals surface area contributed by atoms with Gasteiger partial charge in [-0.3, -0.25) is 9.59 Å². The predicted octanol–water partition coefficient (Wildman–Crippen LogP) is 5.82. The van der Waals surface area contributed by atoms with Crippen LogP contribution in [-0.4, -0.2) is 45.3 Å². The van der Waals surface area contributed by atoms with E-state index >= 15 is 0 Å². The molecule has 1 heterocycles. The number of rotatable bonds is 15. The van der Waals surface area contributed by atoms with Crippen molar-refractivity contribution in [2.24, 2.45) is 11.8 Å². The van der Waals surface area contributed by atoms with Crippen LogP contribution in [-0.2, 0) is 14.3 Å². The van der Waals surface area contributed by atoms with E-state index in [1.807, 2.05) is 71.2 Å². The smallest absolute Gasteiger partial charge is 0.309 e. The molecule has 0 saturated heterocycles. The van der Waals surface area contributed by atoms with Gasteiger partial charge in [0.15, 0.2) is 0 Å². The topological polar surface area (TPSA) is 96.7 Å². The number of ether oxygens (including phenoxy) is 1. The SMILES string of the molecule is CCC(=O)[C@H](C)[C@@H](O)[C@@H](C)C/C=C/C(C)=C\CC(OC(=O)C[C@H](O)CC)/C(C)=C/c1csc(C)n1. The molecule has 2 N–H and O–H groups in total. The fourth-order valence-electron chi connectivity index (χ4n) is 3.62. The number of aromatic nitrogens is 1. The van der Waals surface area contributed by atoms with Gasteiger partial charge in [0.1, 0.15) is 11.9 Å². The van der Waals surface area contributed by atoms with Crippen molar-refractivity contribution in [3.63, 3.8) is 0 Å². The van der Waals surface area contributed by atoms with Gasteiger partial charge in [-0.1, -0.05) is 51.5 Å². The van der Waals surface area contributed by atoms with Crippen molar-refractivity contribution < 1.29 is 24.5 Å². The molecule has 0 amide bonds. The summed E-state index contributed by atoms with van der Waals surface area (Å²) in [5.41, 5.74) is 2.73. The molecule has 0 aliphatic rings. The third kappa shape index (κ3) is 11.5. The Balaban J connectivity index is 2.85. The average Bonchev–Trinajstić information content (AvgIpc) is 3.23. The van der Waals surface area contributed by atoms with Crippen LogP contribution in [0, 0.1) is 18.8 Å². The predicted molar refractivity (Wildman–Crippen MR) is 143 cm³/mol. The minimum Gasteiger partial charge on any atom is -0.457 e. The van der Waals surface area contributed by atoms with Gasteiger partial charge in [0.25, 0.3) is 0 Å². The minimum absolute atomic E-state index is 0.0299. The molecule has 1 unspecified atom stereocenters. The van der Waals surface area contributed by atoms with Crippen LogP contribution >= 0.6 is 11.3 Å². The van der Waals surface area contributed by atoms with E-state index in [-0.39, 0.29) is 24.0 Å². The molecule has 196 valence electrons. The van der Waals surface area contributed by atoms with E-state index in [1.165, 1.54) is 0 Å². The second-order valence-corrected chi connectivity index (χ2v) is 10.4. The van der Waals surface area contributed by atoms with Crippen molar-refractivity contribution in [3.8, 4) is 0 Å². The zero-order valence-electron chi connectivity index (χ0n) is 22.3. The normalized spacial score (nSPS) is 17.2. The number of esters is 1. The number of allylic oxidation sites excluding steroid dienone is 3. The second-order valence-electron chi connectivity index (χ2n) is 9.32. The highest BCUT2D eigenvalue weighted by Gasteiger charge is 2.25. The van der Waals surface area contributed by atoms with Gasteiger partial charge in [-0.25, -0.2) is 4.98 Å². The van der Waals surface area contributed by atoms with E-state index in [4.69, 9.17) is 4.74 Å². The fourth-order valence-corrected chi connectivity index (χ4v) is 4.19. The first-order valence-electron chi connectivity index (χ1n) is 12.5. The molecule has 0 spiro atoms. The summed E-state index contributed by atoms with van der Waals surface area (Å²) >= 11 is 1.57. The summed E-state index contributed by atoms with van der Waals surface area (Å²) in [5, 5.41) is 23.2. The average molecular weight is 506 g/mol. The molecule has 0 saturated carbocycles. The number of nitrogens with zero attached hydrogens (tertiary/aromatic N) is 1. The molecule has 6 nitrogen and oxygen atoms in total. The Morgan fingerprint density at radius 1 is 1.17 bits per heavy atom. The molecule has 35 heavy (non-hydrogen) atoms. The summed E-state index contributed by atoms with van der Waals surface area (Å²) in [6.45, 7) is 13.2. The van der Waals surface area contributed by atoms with Crippen molar-refractivity contribution >= 4 is 29.2 Å². The second kappa shape index (κ2) is 15.8. The Kier molecular flexibility index (Phi) is 14.0. The van der Waals surface area contributed by atoms with E-state index in [2.05, 4.69) is 4.98 Å². The van der Waals surface area contributed by atoms with Crippen molar-refractivity contribution in [3.05, 3.63) is 45.5 Å². The Labute approximate surface area is 214 Å². The van der Waals surface area contributed by atoms with Crippen LogP contribution in [0.25, 0.3) is 6.08 Å². The van der Waals surface area contributed by atoms with Crippen LogP contribution in [0.5, 0.6) is 0 Å². The number of hydrogen-bond acceptors (Lipinski definition) is 7. The van der Waals surface area contributed by atoms with Gasteiger partial charge >= 0.3 is 5.97 Å². The molecule has 5 atom stereocenters. The maximum absolute atomic E-state index is 12.4. The maximum Gasteiger partial charge on any atom is 0.309 e. The number of carbonyl (C=O) groups is 2. The Bertz CT molecular complexity index is 901. The van der Waals surface area contributed by atoms with E-state index in [0.717, 1.165) is 21.8 Å². The van der Waals surface area contributed by atoms with Gasteiger partial charge in [0, 0.05) is 24.1 Å². The fraction of sp³-hybridized carbons (Fsp3) is 0.607. The molecule has 0 aliphatic carbocycles. The van der Waals surface area contributed by atoms with Crippen LogP contribution in [0.3, 0.4) is 0 Å². The number of aliphatic hydroxyl groups is 2. The number of carbonyl (C=O) groups excluding carboxylic acids is 2. The molecule has 0 aliphatic heterocycles. The van der Waals surface area contributed by atoms with Gasteiger partial charge in [0.05, 0.1) is 29.3 Å². The lowest BCUT2D eigenvalue weighted by molar-refractivity contribution is -0.149.